The third-order valence-electron chi connectivity index (χ3n) is 3.49. The van der Waals surface area contributed by atoms with Gasteiger partial charge in [0.1, 0.15) is 5.69 Å². The fourth-order valence-corrected chi connectivity index (χ4v) is 2.41. The van der Waals surface area contributed by atoms with Gasteiger partial charge in [0.25, 0.3) is 0 Å². The quantitative estimate of drug-likeness (QED) is 0.645. The number of hydrogen-bond acceptors (Lipinski definition) is 5. The van der Waals surface area contributed by atoms with Crippen molar-refractivity contribution >= 4 is 11.7 Å². The monoisotopic (exact) mass is 264 g/mol. The largest absolute Gasteiger partial charge is 0.464 e. The normalized spacial score (nSPS) is 23.5. The van der Waals surface area contributed by atoms with Gasteiger partial charge in [0.2, 0.25) is 0 Å². The molecule has 0 aliphatic heterocycles. The summed E-state index contributed by atoms with van der Waals surface area (Å²) in [5, 5.41) is 13.4. The lowest BCUT2D eigenvalue weighted by molar-refractivity contribution is 0.0594. The van der Waals surface area contributed by atoms with Crippen LogP contribution in [0.25, 0.3) is 0 Å². The Hall–Kier alpha value is -1.62. The summed E-state index contributed by atoms with van der Waals surface area (Å²) in [7, 11) is 1.33. The van der Waals surface area contributed by atoms with Gasteiger partial charge in [0.05, 0.1) is 19.3 Å². The number of ether oxygens (including phenoxy) is 1. The highest BCUT2D eigenvalue weighted by atomic mass is 16.5. The zero-order chi connectivity index (χ0) is 13.7. The summed E-state index contributed by atoms with van der Waals surface area (Å²) in [6, 6.07) is 3.49. The van der Waals surface area contributed by atoms with Crippen LogP contribution < -0.4 is 5.32 Å². The van der Waals surface area contributed by atoms with E-state index in [-0.39, 0.29) is 17.8 Å². The van der Waals surface area contributed by atoms with E-state index in [1.807, 2.05) is 0 Å². The number of rotatable bonds is 3. The predicted molar refractivity (Wildman–Crippen MR) is 72.1 cm³/mol. The zero-order valence-electron chi connectivity index (χ0n) is 11.1. The average Bonchev–Trinajstić information content (AvgIpc) is 2.64. The summed E-state index contributed by atoms with van der Waals surface area (Å²) in [5.74, 6) is -0.454. The highest BCUT2D eigenvalue weighted by molar-refractivity contribution is 5.88. The van der Waals surface area contributed by atoms with Crippen molar-refractivity contribution in [2.75, 3.05) is 12.4 Å². The first-order valence-electron chi connectivity index (χ1n) is 6.69. The number of methoxy groups -OCH3 is 1. The molecular formula is C14H20N2O3. The number of carbonyl (C=O) groups excluding carboxylic acids is 1. The third kappa shape index (κ3) is 3.67. The number of pyridine rings is 1. The van der Waals surface area contributed by atoms with Crippen molar-refractivity contribution in [2.45, 2.75) is 44.2 Å². The van der Waals surface area contributed by atoms with Crippen molar-refractivity contribution in [3.8, 4) is 0 Å². The highest BCUT2D eigenvalue weighted by Crippen LogP contribution is 2.21. The third-order valence-corrected chi connectivity index (χ3v) is 3.49. The smallest absolute Gasteiger partial charge is 0.356 e. The minimum Gasteiger partial charge on any atom is -0.464 e. The number of carbonyl (C=O) groups is 1. The van der Waals surface area contributed by atoms with Crippen LogP contribution in [-0.2, 0) is 4.74 Å². The Morgan fingerprint density at radius 2 is 2.21 bits per heavy atom. The van der Waals surface area contributed by atoms with Crippen molar-refractivity contribution in [1.29, 1.82) is 0 Å². The average molecular weight is 264 g/mol. The van der Waals surface area contributed by atoms with Crippen LogP contribution in [0.2, 0.25) is 0 Å². The lowest BCUT2D eigenvalue weighted by atomic mass is 10.1. The van der Waals surface area contributed by atoms with Crippen LogP contribution in [0.3, 0.4) is 0 Å². The van der Waals surface area contributed by atoms with E-state index in [9.17, 15) is 9.90 Å². The van der Waals surface area contributed by atoms with Gasteiger partial charge in [-0.3, -0.25) is 0 Å². The first kappa shape index (κ1) is 13.8. The first-order valence-corrected chi connectivity index (χ1v) is 6.69. The van der Waals surface area contributed by atoms with Gasteiger partial charge >= 0.3 is 5.97 Å². The minimum absolute atomic E-state index is 0.0374. The Morgan fingerprint density at radius 3 is 3.00 bits per heavy atom. The van der Waals surface area contributed by atoms with E-state index in [0.29, 0.717) is 0 Å². The molecule has 2 unspecified atom stereocenters. The van der Waals surface area contributed by atoms with E-state index < -0.39 is 5.97 Å². The molecule has 104 valence electrons. The Labute approximate surface area is 113 Å². The van der Waals surface area contributed by atoms with Crippen LogP contribution >= 0.6 is 0 Å². The molecule has 1 aromatic rings. The summed E-state index contributed by atoms with van der Waals surface area (Å²) in [4.78, 5) is 15.4. The second kappa shape index (κ2) is 6.52. The fraction of sp³-hybridized carbons (Fsp3) is 0.571. The molecule has 1 aromatic heterocycles. The van der Waals surface area contributed by atoms with Crippen LogP contribution in [0.5, 0.6) is 0 Å². The van der Waals surface area contributed by atoms with Crippen LogP contribution in [0.15, 0.2) is 18.3 Å². The van der Waals surface area contributed by atoms with Gasteiger partial charge in [-0.25, -0.2) is 9.78 Å². The Kier molecular flexibility index (Phi) is 4.74. The van der Waals surface area contributed by atoms with Crippen LogP contribution in [0, 0.1) is 0 Å². The number of nitrogens with one attached hydrogen (secondary N) is 1. The molecule has 1 aliphatic rings. The Bertz CT molecular complexity index is 436. The minimum atomic E-state index is -0.454. The summed E-state index contributed by atoms with van der Waals surface area (Å²) in [6.45, 7) is 0. The van der Waals surface area contributed by atoms with Crippen molar-refractivity contribution in [2.24, 2.45) is 0 Å². The summed E-state index contributed by atoms with van der Waals surface area (Å²) in [6.07, 6.45) is 6.35. The zero-order valence-corrected chi connectivity index (χ0v) is 11.1. The second-order valence-electron chi connectivity index (χ2n) is 4.88. The lowest BCUT2D eigenvalue weighted by Crippen LogP contribution is -2.32. The molecule has 0 radical (unpaired) electrons. The van der Waals surface area contributed by atoms with E-state index >= 15 is 0 Å². The molecule has 0 saturated heterocycles. The van der Waals surface area contributed by atoms with Gasteiger partial charge in [-0.05, 0) is 25.0 Å². The van der Waals surface area contributed by atoms with Crippen LogP contribution in [0.4, 0.5) is 5.69 Å². The predicted octanol–water partition coefficient (Wildman–Crippen LogP) is 1.97. The van der Waals surface area contributed by atoms with Gasteiger partial charge in [0, 0.05) is 11.9 Å². The first-order chi connectivity index (χ1) is 9.20. The molecule has 0 aromatic carbocycles. The number of aliphatic hydroxyl groups is 1. The summed E-state index contributed by atoms with van der Waals surface area (Å²) >= 11 is 0. The highest BCUT2D eigenvalue weighted by Gasteiger charge is 2.21. The van der Waals surface area contributed by atoms with Crippen molar-refractivity contribution < 1.29 is 14.6 Å². The SMILES string of the molecule is COC(=O)c1cc(NC2CCCCCC2O)ccn1. The maximum Gasteiger partial charge on any atom is 0.356 e. The molecule has 0 spiro atoms. The Balaban J connectivity index is 2.07. The number of nitrogens with zero attached hydrogens (tertiary/aromatic N) is 1. The maximum absolute atomic E-state index is 11.4. The molecule has 2 atom stereocenters. The molecule has 5 heteroatoms. The van der Waals surface area contributed by atoms with Gasteiger partial charge in [0.15, 0.2) is 0 Å². The van der Waals surface area contributed by atoms with E-state index in [2.05, 4.69) is 15.0 Å². The van der Waals surface area contributed by atoms with E-state index in [0.717, 1.165) is 31.4 Å². The van der Waals surface area contributed by atoms with E-state index in [1.54, 1.807) is 18.3 Å². The lowest BCUT2D eigenvalue weighted by Gasteiger charge is -2.23. The summed E-state index contributed by atoms with van der Waals surface area (Å²) < 4.78 is 4.64. The molecule has 5 nitrogen and oxygen atoms in total. The topological polar surface area (TPSA) is 71.5 Å². The number of aliphatic hydroxyl groups excluding tert-OH is 1. The van der Waals surface area contributed by atoms with Gasteiger partial charge in [-0.2, -0.15) is 0 Å². The van der Waals surface area contributed by atoms with Gasteiger partial charge < -0.3 is 15.2 Å². The standard InChI is InChI=1S/C14H20N2O3/c1-19-14(18)12-9-10(7-8-15-12)16-11-5-3-2-4-6-13(11)17/h7-9,11,13,17H,2-6H2,1H3,(H,15,16). The molecule has 2 N–H and O–H groups in total. The fourth-order valence-electron chi connectivity index (χ4n) is 2.41. The van der Waals surface area contributed by atoms with Crippen molar-refractivity contribution in [3.63, 3.8) is 0 Å². The van der Waals surface area contributed by atoms with E-state index in [1.165, 1.54) is 13.5 Å². The Morgan fingerprint density at radius 1 is 1.42 bits per heavy atom. The molecule has 1 heterocycles. The molecule has 1 fully saturated rings. The number of hydrogen-bond donors (Lipinski definition) is 2. The number of aromatic nitrogens is 1. The molecule has 2 rings (SSSR count). The van der Waals surface area contributed by atoms with Crippen molar-refractivity contribution in [1.82, 2.24) is 4.98 Å². The van der Waals surface area contributed by atoms with Gasteiger partial charge in [-0.1, -0.05) is 19.3 Å². The maximum atomic E-state index is 11.4. The molecular weight excluding hydrogens is 244 g/mol. The summed E-state index contributed by atoms with van der Waals surface area (Å²) in [5.41, 5.74) is 1.07. The van der Waals surface area contributed by atoms with Crippen molar-refractivity contribution in [3.05, 3.63) is 24.0 Å². The molecule has 0 bridgehead atoms. The number of anilines is 1. The molecule has 19 heavy (non-hydrogen) atoms. The molecule has 1 saturated carbocycles. The number of esters is 1. The van der Waals surface area contributed by atoms with E-state index in [4.69, 9.17) is 0 Å². The second-order valence-corrected chi connectivity index (χ2v) is 4.88. The van der Waals surface area contributed by atoms with Crippen LogP contribution in [-0.4, -0.2) is 35.3 Å². The van der Waals surface area contributed by atoms with Gasteiger partial charge in [-0.15, -0.1) is 0 Å². The van der Waals surface area contributed by atoms with Crippen LogP contribution in [0.1, 0.15) is 42.6 Å². The molecule has 0 amide bonds. The molecule has 1 aliphatic carbocycles.